The Morgan fingerprint density at radius 1 is 1.11 bits per heavy atom. The van der Waals surface area contributed by atoms with Crippen LogP contribution >= 0.6 is 0 Å². The van der Waals surface area contributed by atoms with E-state index in [0.717, 1.165) is 43.1 Å². The highest BCUT2D eigenvalue weighted by molar-refractivity contribution is 6.03. The second-order valence-electron chi connectivity index (χ2n) is 7.56. The Bertz CT molecular complexity index is 780. The molecule has 4 heteroatoms. The topological polar surface area (TPSA) is 32.8 Å². The van der Waals surface area contributed by atoms with Gasteiger partial charge >= 0.3 is 0 Å². The molecule has 1 saturated heterocycles. The van der Waals surface area contributed by atoms with Crippen molar-refractivity contribution in [3.8, 4) is 0 Å². The first kappa shape index (κ1) is 20.3. The Labute approximate surface area is 168 Å². The molecule has 1 aliphatic heterocycles. The number of ether oxygens (including phenoxy) is 1. The molecule has 0 amide bonds. The normalized spacial score (nSPS) is 16.6. The van der Waals surface area contributed by atoms with Gasteiger partial charge in [0.1, 0.15) is 0 Å². The van der Waals surface area contributed by atoms with Crippen LogP contribution in [-0.2, 0) is 11.2 Å². The highest BCUT2D eigenvalue weighted by Gasteiger charge is 2.40. The standard InChI is InChI=1S/C24H30N2O2/c1-4-14-24(25(2)3,19-20-8-6-5-7-9-20)23(27)21-10-12-22(13-11-21)26-15-17-28-18-16-26/h4-13H,1,14-19H2,2-3H3. The Morgan fingerprint density at radius 2 is 1.75 bits per heavy atom. The first-order valence-electron chi connectivity index (χ1n) is 9.86. The van der Waals surface area contributed by atoms with Crippen LogP contribution in [0.4, 0.5) is 5.69 Å². The van der Waals surface area contributed by atoms with Gasteiger partial charge in [-0.05, 0) is 56.8 Å². The number of carbonyl (C=O) groups excluding carboxylic acids is 1. The maximum absolute atomic E-state index is 13.7. The summed E-state index contributed by atoms with van der Waals surface area (Å²) in [6.07, 6.45) is 3.10. The van der Waals surface area contributed by atoms with Gasteiger partial charge in [-0.15, -0.1) is 6.58 Å². The zero-order valence-corrected chi connectivity index (χ0v) is 16.9. The number of Topliss-reactive ketones (excluding diaryl/α,β-unsaturated/α-hetero) is 1. The van der Waals surface area contributed by atoms with Crippen molar-refractivity contribution in [3.63, 3.8) is 0 Å². The summed E-state index contributed by atoms with van der Waals surface area (Å²) in [7, 11) is 3.96. The molecule has 28 heavy (non-hydrogen) atoms. The van der Waals surface area contributed by atoms with Crippen LogP contribution in [0, 0.1) is 0 Å². The molecule has 1 aliphatic rings. The maximum atomic E-state index is 13.7. The summed E-state index contributed by atoms with van der Waals surface area (Å²) in [6.45, 7) is 7.20. The molecule has 1 unspecified atom stereocenters. The molecule has 2 aromatic rings. The first-order chi connectivity index (χ1) is 13.6. The van der Waals surface area contributed by atoms with Crippen LogP contribution in [0.3, 0.4) is 0 Å². The first-order valence-corrected chi connectivity index (χ1v) is 9.86. The van der Waals surface area contributed by atoms with Crippen molar-refractivity contribution in [1.82, 2.24) is 4.90 Å². The van der Waals surface area contributed by atoms with Crippen molar-refractivity contribution in [2.24, 2.45) is 0 Å². The molecular formula is C24H30N2O2. The summed E-state index contributed by atoms with van der Waals surface area (Å²) < 4.78 is 5.43. The predicted octanol–water partition coefficient (Wildman–Crippen LogP) is 3.83. The summed E-state index contributed by atoms with van der Waals surface area (Å²) in [6, 6.07) is 18.2. The smallest absolute Gasteiger partial charge is 0.183 e. The van der Waals surface area contributed by atoms with Gasteiger partial charge in [-0.2, -0.15) is 0 Å². The Hall–Kier alpha value is -2.43. The van der Waals surface area contributed by atoms with E-state index in [1.54, 1.807) is 0 Å². The molecule has 0 radical (unpaired) electrons. The lowest BCUT2D eigenvalue weighted by atomic mass is 9.79. The lowest BCUT2D eigenvalue weighted by molar-refractivity contribution is 0.0683. The fourth-order valence-electron chi connectivity index (χ4n) is 3.88. The minimum absolute atomic E-state index is 0.134. The van der Waals surface area contributed by atoms with Gasteiger partial charge in [0, 0.05) is 24.3 Å². The van der Waals surface area contributed by atoms with Gasteiger partial charge in [0.15, 0.2) is 5.78 Å². The molecule has 4 nitrogen and oxygen atoms in total. The average molecular weight is 379 g/mol. The number of ketones is 1. The highest BCUT2D eigenvalue weighted by atomic mass is 16.5. The number of carbonyl (C=O) groups is 1. The van der Waals surface area contributed by atoms with E-state index in [1.807, 2.05) is 55.4 Å². The van der Waals surface area contributed by atoms with Gasteiger partial charge < -0.3 is 9.64 Å². The highest BCUT2D eigenvalue weighted by Crippen LogP contribution is 2.29. The van der Waals surface area contributed by atoms with E-state index in [9.17, 15) is 4.79 Å². The molecule has 1 fully saturated rings. The summed E-state index contributed by atoms with van der Waals surface area (Å²) in [5.74, 6) is 0.134. The molecule has 0 N–H and O–H groups in total. The molecule has 2 aromatic carbocycles. The number of nitrogens with zero attached hydrogens (tertiary/aromatic N) is 2. The number of anilines is 1. The van der Waals surface area contributed by atoms with E-state index in [-0.39, 0.29) is 5.78 Å². The van der Waals surface area contributed by atoms with E-state index in [1.165, 1.54) is 0 Å². The van der Waals surface area contributed by atoms with E-state index < -0.39 is 5.54 Å². The minimum atomic E-state index is -0.649. The zero-order chi connectivity index (χ0) is 20.0. The van der Waals surface area contributed by atoms with Crippen LogP contribution in [0.15, 0.2) is 67.3 Å². The molecule has 0 bridgehead atoms. The molecule has 0 aromatic heterocycles. The average Bonchev–Trinajstić information content (AvgIpc) is 2.74. The second kappa shape index (κ2) is 9.18. The third kappa shape index (κ3) is 4.34. The maximum Gasteiger partial charge on any atom is 0.183 e. The number of likely N-dealkylation sites (N-methyl/N-ethyl adjacent to an activating group) is 1. The number of hydrogen-bond acceptors (Lipinski definition) is 4. The number of hydrogen-bond donors (Lipinski definition) is 0. The molecule has 1 heterocycles. The molecule has 0 saturated carbocycles. The van der Waals surface area contributed by atoms with Crippen LogP contribution in [0.5, 0.6) is 0 Å². The van der Waals surface area contributed by atoms with Gasteiger partial charge in [-0.1, -0.05) is 36.4 Å². The van der Waals surface area contributed by atoms with Crippen molar-refractivity contribution in [3.05, 3.63) is 78.4 Å². The van der Waals surface area contributed by atoms with Crippen LogP contribution in [-0.4, -0.2) is 56.6 Å². The van der Waals surface area contributed by atoms with Gasteiger partial charge in [0.2, 0.25) is 0 Å². The number of morpholine rings is 1. The Balaban J connectivity index is 1.88. The van der Waals surface area contributed by atoms with E-state index in [2.05, 4.69) is 35.7 Å². The lowest BCUT2D eigenvalue weighted by Gasteiger charge is -2.38. The second-order valence-corrected chi connectivity index (χ2v) is 7.56. The molecule has 0 spiro atoms. The SMILES string of the molecule is C=CCC(Cc1ccccc1)(C(=O)c1ccc(N2CCOCC2)cc1)N(C)C. The lowest BCUT2D eigenvalue weighted by Crippen LogP contribution is -2.52. The quantitative estimate of drug-likeness (QED) is 0.516. The van der Waals surface area contributed by atoms with E-state index in [4.69, 9.17) is 4.74 Å². The summed E-state index contributed by atoms with van der Waals surface area (Å²) >= 11 is 0. The van der Waals surface area contributed by atoms with Crippen molar-refractivity contribution < 1.29 is 9.53 Å². The predicted molar refractivity (Wildman–Crippen MR) is 115 cm³/mol. The Morgan fingerprint density at radius 3 is 2.32 bits per heavy atom. The van der Waals surface area contributed by atoms with E-state index >= 15 is 0 Å². The summed E-state index contributed by atoms with van der Waals surface area (Å²) in [5.41, 5.74) is 2.38. The van der Waals surface area contributed by atoms with Crippen molar-refractivity contribution in [1.29, 1.82) is 0 Å². The van der Waals surface area contributed by atoms with Crippen LogP contribution in [0.1, 0.15) is 22.3 Å². The third-order valence-electron chi connectivity index (χ3n) is 5.61. The van der Waals surface area contributed by atoms with Crippen LogP contribution < -0.4 is 4.90 Å². The van der Waals surface area contributed by atoms with Gasteiger partial charge in [0.25, 0.3) is 0 Å². The summed E-state index contributed by atoms with van der Waals surface area (Å²) in [4.78, 5) is 18.0. The number of rotatable bonds is 8. The number of benzene rings is 2. The zero-order valence-electron chi connectivity index (χ0n) is 16.9. The van der Waals surface area contributed by atoms with E-state index in [0.29, 0.717) is 12.8 Å². The van der Waals surface area contributed by atoms with Crippen molar-refractivity contribution >= 4 is 11.5 Å². The molecule has 0 aliphatic carbocycles. The van der Waals surface area contributed by atoms with Gasteiger partial charge in [-0.25, -0.2) is 0 Å². The fraction of sp³-hybridized carbons (Fsp3) is 0.375. The van der Waals surface area contributed by atoms with Crippen LogP contribution in [0.25, 0.3) is 0 Å². The van der Waals surface area contributed by atoms with Crippen molar-refractivity contribution in [2.75, 3.05) is 45.3 Å². The minimum Gasteiger partial charge on any atom is -0.378 e. The molecular weight excluding hydrogens is 348 g/mol. The molecule has 148 valence electrons. The van der Waals surface area contributed by atoms with Crippen LogP contribution in [0.2, 0.25) is 0 Å². The van der Waals surface area contributed by atoms with Crippen molar-refractivity contribution in [2.45, 2.75) is 18.4 Å². The van der Waals surface area contributed by atoms with Gasteiger partial charge in [0.05, 0.1) is 18.8 Å². The fourth-order valence-corrected chi connectivity index (χ4v) is 3.88. The largest absolute Gasteiger partial charge is 0.378 e. The Kier molecular flexibility index (Phi) is 6.65. The monoisotopic (exact) mass is 378 g/mol. The summed E-state index contributed by atoms with van der Waals surface area (Å²) in [5, 5.41) is 0. The molecule has 1 atom stereocenters. The molecule has 3 rings (SSSR count). The third-order valence-corrected chi connectivity index (χ3v) is 5.61. The van der Waals surface area contributed by atoms with Gasteiger partial charge in [-0.3, -0.25) is 9.69 Å².